The van der Waals surface area contributed by atoms with Crippen molar-refractivity contribution in [2.24, 2.45) is 5.92 Å². The van der Waals surface area contributed by atoms with Gasteiger partial charge in [0.2, 0.25) is 0 Å². The van der Waals surface area contributed by atoms with Crippen LogP contribution in [0.1, 0.15) is 38.5 Å². The highest BCUT2D eigenvalue weighted by molar-refractivity contribution is 4.82. The van der Waals surface area contributed by atoms with Crippen LogP contribution in [-0.2, 0) is 4.74 Å². The van der Waals surface area contributed by atoms with Crippen molar-refractivity contribution in [2.75, 3.05) is 13.2 Å². The Hall–Kier alpha value is -0.290. The molecule has 2 saturated heterocycles. The first kappa shape index (κ1) is 13.1. The van der Waals surface area contributed by atoms with E-state index in [-0.39, 0.29) is 19.0 Å². The first-order chi connectivity index (χ1) is 8.05. The Morgan fingerprint density at radius 3 is 2.47 bits per heavy atom. The van der Waals surface area contributed by atoms with Crippen molar-refractivity contribution in [1.82, 2.24) is 5.32 Å². The molecule has 2 fully saturated rings. The second kappa shape index (κ2) is 5.57. The minimum Gasteiger partial charge on any atom is -0.378 e. The van der Waals surface area contributed by atoms with E-state index >= 15 is 0 Å². The maximum Gasteiger partial charge on any atom is 0.393 e. The molecule has 2 aliphatic rings. The van der Waals surface area contributed by atoms with Gasteiger partial charge in [0.25, 0.3) is 0 Å². The molecule has 0 aromatic carbocycles. The predicted octanol–water partition coefficient (Wildman–Crippen LogP) is 2.88. The number of hydrogen-bond donors (Lipinski definition) is 1. The van der Waals surface area contributed by atoms with Gasteiger partial charge in [0.05, 0.1) is 12.0 Å². The predicted molar refractivity (Wildman–Crippen MR) is 58.8 cm³/mol. The summed E-state index contributed by atoms with van der Waals surface area (Å²) in [6.45, 7) is 0.929. The van der Waals surface area contributed by atoms with Crippen molar-refractivity contribution in [2.45, 2.75) is 56.8 Å². The molecule has 0 aromatic rings. The zero-order valence-corrected chi connectivity index (χ0v) is 9.93. The Balaban J connectivity index is 1.65. The second-order valence-electron chi connectivity index (χ2n) is 5.13. The summed E-state index contributed by atoms with van der Waals surface area (Å²) in [4.78, 5) is 0. The molecule has 3 atom stereocenters. The summed E-state index contributed by atoms with van der Waals surface area (Å²) in [5.41, 5.74) is 0. The van der Waals surface area contributed by atoms with E-state index in [0.717, 1.165) is 32.3 Å². The summed E-state index contributed by atoms with van der Waals surface area (Å²) in [5, 5.41) is 3.02. The monoisotopic (exact) mass is 251 g/mol. The first-order valence-electron chi connectivity index (χ1n) is 6.47. The fourth-order valence-corrected chi connectivity index (χ4v) is 2.70. The topological polar surface area (TPSA) is 21.3 Å². The Kier molecular flexibility index (Phi) is 4.31. The van der Waals surface area contributed by atoms with Gasteiger partial charge in [-0.3, -0.25) is 0 Å². The molecule has 2 aliphatic heterocycles. The molecule has 100 valence electrons. The summed E-state index contributed by atoms with van der Waals surface area (Å²) in [6.07, 6.45) is 1.37. The average Bonchev–Trinajstić information content (AvgIpc) is 2.78. The maximum atomic E-state index is 12.4. The molecule has 17 heavy (non-hydrogen) atoms. The van der Waals surface area contributed by atoms with Gasteiger partial charge >= 0.3 is 6.18 Å². The number of alkyl halides is 3. The number of piperidine rings is 1. The summed E-state index contributed by atoms with van der Waals surface area (Å²) in [6, 6.07) is 0.248. The van der Waals surface area contributed by atoms with E-state index < -0.39 is 12.1 Å². The van der Waals surface area contributed by atoms with Gasteiger partial charge in [0.15, 0.2) is 0 Å². The minimum absolute atomic E-state index is 0.0830. The number of rotatable bonds is 3. The lowest BCUT2D eigenvalue weighted by Gasteiger charge is -2.31. The van der Waals surface area contributed by atoms with Crippen molar-refractivity contribution in [3.05, 3.63) is 0 Å². The molecule has 5 heteroatoms. The molecule has 0 saturated carbocycles. The molecular formula is C12H20F3NO. The lowest BCUT2D eigenvalue weighted by Crippen LogP contribution is -2.44. The van der Waals surface area contributed by atoms with Crippen molar-refractivity contribution in [1.29, 1.82) is 0 Å². The third-order valence-electron chi connectivity index (χ3n) is 3.84. The van der Waals surface area contributed by atoms with Crippen molar-refractivity contribution in [3.63, 3.8) is 0 Å². The average molecular weight is 251 g/mol. The fourth-order valence-electron chi connectivity index (χ4n) is 2.70. The minimum atomic E-state index is -4.04. The Morgan fingerprint density at radius 1 is 1.12 bits per heavy atom. The largest absolute Gasteiger partial charge is 0.393 e. The van der Waals surface area contributed by atoms with Gasteiger partial charge < -0.3 is 10.1 Å². The molecule has 3 unspecified atom stereocenters. The van der Waals surface area contributed by atoms with E-state index in [1.54, 1.807) is 0 Å². The van der Waals surface area contributed by atoms with E-state index in [2.05, 4.69) is 5.32 Å². The summed E-state index contributed by atoms with van der Waals surface area (Å²) in [5.74, 6) is -1.15. The molecule has 0 spiro atoms. The second-order valence-corrected chi connectivity index (χ2v) is 5.13. The molecule has 2 nitrogen and oxygen atoms in total. The van der Waals surface area contributed by atoms with E-state index in [9.17, 15) is 13.2 Å². The van der Waals surface area contributed by atoms with Crippen LogP contribution < -0.4 is 5.32 Å². The van der Waals surface area contributed by atoms with Crippen LogP contribution in [-0.4, -0.2) is 31.5 Å². The van der Waals surface area contributed by atoms with E-state index in [1.165, 1.54) is 0 Å². The molecule has 2 rings (SSSR count). The van der Waals surface area contributed by atoms with E-state index in [0.29, 0.717) is 12.5 Å². The third-order valence-corrected chi connectivity index (χ3v) is 3.84. The highest BCUT2D eigenvalue weighted by Crippen LogP contribution is 2.32. The Labute approximate surface area is 99.9 Å². The molecule has 0 radical (unpaired) electrons. The van der Waals surface area contributed by atoms with Gasteiger partial charge in [-0.25, -0.2) is 0 Å². The molecule has 0 amide bonds. The van der Waals surface area contributed by atoms with Crippen LogP contribution in [0.15, 0.2) is 0 Å². The number of nitrogens with one attached hydrogen (secondary N) is 1. The van der Waals surface area contributed by atoms with Gasteiger partial charge in [-0.15, -0.1) is 0 Å². The van der Waals surface area contributed by atoms with Crippen LogP contribution >= 0.6 is 0 Å². The Bertz CT molecular complexity index is 230. The summed E-state index contributed by atoms with van der Waals surface area (Å²) < 4.78 is 42.8. The lowest BCUT2D eigenvalue weighted by molar-refractivity contribution is -0.179. The lowest BCUT2D eigenvalue weighted by atomic mass is 9.91. The highest BCUT2D eigenvalue weighted by Gasteiger charge is 2.41. The van der Waals surface area contributed by atoms with Gasteiger partial charge in [-0.1, -0.05) is 0 Å². The molecular weight excluding hydrogens is 231 g/mol. The Morgan fingerprint density at radius 2 is 1.94 bits per heavy atom. The normalized spacial score (nSPS) is 35.1. The first-order valence-corrected chi connectivity index (χ1v) is 6.47. The zero-order chi connectivity index (χ0) is 12.3. The maximum absolute atomic E-state index is 12.4. The van der Waals surface area contributed by atoms with Crippen LogP contribution in [0.4, 0.5) is 13.2 Å². The zero-order valence-electron chi connectivity index (χ0n) is 9.93. The fraction of sp³-hybridized carbons (Fsp3) is 1.00. The third kappa shape index (κ3) is 3.85. The number of ether oxygens (including phenoxy) is 1. The molecule has 0 aromatic heterocycles. The smallest absolute Gasteiger partial charge is 0.378 e. The van der Waals surface area contributed by atoms with Gasteiger partial charge in [0.1, 0.15) is 0 Å². The molecule has 0 aliphatic carbocycles. The summed E-state index contributed by atoms with van der Waals surface area (Å²) in [7, 11) is 0. The van der Waals surface area contributed by atoms with Crippen molar-refractivity contribution < 1.29 is 17.9 Å². The van der Waals surface area contributed by atoms with Crippen LogP contribution in [0.25, 0.3) is 0 Å². The quantitative estimate of drug-likeness (QED) is 0.832. The molecule has 1 N–H and O–H groups in total. The van der Waals surface area contributed by atoms with Crippen LogP contribution in [0.2, 0.25) is 0 Å². The van der Waals surface area contributed by atoms with Crippen LogP contribution in [0.3, 0.4) is 0 Å². The van der Waals surface area contributed by atoms with Crippen LogP contribution in [0.5, 0.6) is 0 Å². The van der Waals surface area contributed by atoms with Gasteiger partial charge in [-0.2, -0.15) is 13.2 Å². The molecule has 2 heterocycles. The summed E-state index contributed by atoms with van der Waals surface area (Å²) >= 11 is 0. The number of halogens is 3. The van der Waals surface area contributed by atoms with E-state index in [1.807, 2.05) is 0 Å². The van der Waals surface area contributed by atoms with Crippen molar-refractivity contribution in [3.8, 4) is 0 Å². The van der Waals surface area contributed by atoms with Gasteiger partial charge in [-0.05, 0) is 38.5 Å². The van der Waals surface area contributed by atoms with Crippen LogP contribution in [0, 0.1) is 5.92 Å². The van der Waals surface area contributed by atoms with E-state index in [4.69, 9.17) is 4.74 Å². The highest BCUT2D eigenvalue weighted by atomic mass is 19.4. The standard InChI is InChI=1S/C12H20F3NO/c13-12(14,15)9-3-4-10(16-8-9)5-6-11-2-1-7-17-11/h9-11,16H,1-8H2. The number of hydrogen-bond acceptors (Lipinski definition) is 2. The van der Waals surface area contributed by atoms with Gasteiger partial charge in [0, 0.05) is 19.2 Å². The molecule has 0 bridgehead atoms. The SMILES string of the molecule is FC(F)(F)C1CCC(CCC2CCCO2)NC1. The van der Waals surface area contributed by atoms with Crippen molar-refractivity contribution >= 4 is 0 Å².